The summed E-state index contributed by atoms with van der Waals surface area (Å²) in [7, 11) is 1.72. The van der Waals surface area contributed by atoms with Gasteiger partial charge in [-0.25, -0.2) is 0 Å². The Morgan fingerprint density at radius 1 is 1.53 bits per heavy atom. The molecule has 0 radical (unpaired) electrons. The third-order valence-electron chi connectivity index (χ3n) is 2.63. The van der Waals surface area contributed by atoms with Crippen LogP contribution in [0.3, 0.4) is 0 Å². The zero-order valence-corrected chi connectivity index (χ0v) is 9.85. The molecule has 1 aliphatic rings. The maximum Gasteiger partial charge on any atom is 0.119 e. The van der Waals surface area contributed by atoms with Crippen molar-refractivity contribution in [3.05, 3.63) is 29.8 Å². The highest BCUT2D eigenvalue weighted by molar-refractivity contribution is 7.99. The molecule has 0 amide bonds. The lowest BCUT2D eigenvalue weighted by Gasteiger charge is -2.08. The number of nitrogens with one attached hydrogen (secondary N) is 1. The Balaban J connectivity index is 1.86. The molecule has 0 aliphatic carbocycles. The topological polar surface area (TPSA) is 21.3 Å². The van der Waals surface area contributed by atoms with Crippen LogP contribution in [0.25, 0.3) is 0 Å². The molecule has 2 rings (SSSR count). The second kappa shape index (κ2) is 5.42. The van der Waals surface area contributed by atoms with Gasteiger partial charge in [0, 0.05) is 17.5 Å². The molecule has 1 saturated heterocycles. The number of rotatable bonds is 4. The lowest BCUT2D eigenvalue weighted by molar-refractivity contribution is 0.414. The zero-order valence-electron chi connectivity index (χ0n) is 9.03. The molecule has 1 atom stereocenters. The van der Waals surface area contributed by atoms with E-state index < -0.39 is 0 Å². The van der Waals surface area contributed by atoms with Crippen molar-refractivity contribution in [1.29, 1.82) is 0 Å². The quantitative estimate of drug-likeness (QED) is 0.846. The maximum absolute atomic E-state index is 5.21. The Morgan fingerprint density at radius 2 is 2.47 bits per heavy atom. The van der Waals surface area contributed by atoms with Gasteiger partial charge in [-0.05, 0) is 30.7 Å². The van der Waals surface area contributed by atoms with Crippen LogP contribution in [0.5, 0.6) is 5.75 Å². The average Bonchev–Trinajstić information content (AvgIpc) is 2.79. The predicted octanol–water partition coefficient (Wildman–Crippen LogP) is 2.29. The summed E-state index contributed by atoms with van der Waals surface area (Å²) in [4.78, 5) is 0. The van der Waals surface area contributed by atoms with E-state index in [1.54, 1.807) is 7.11 Å². The van der Waals surface area contributed by atoms with Gasteiger partial charge >= 0.3 is 0 Å². The van der Waals surface area contributed by atoms with Crippen LogP contribution in [0.4, 0.5) is 0 Å². The lowest BCUT2D eigenvalue weighted by Crippen LogP contribution is -2.10. The number of hydrogen-bond acceptors (Lipinski definition) is 3. The van der Waals surface area contributed by atoms with E-state index in [0.29, 0.717) is 0 Å². The van der Waals surface area contributed by atoms with Crippen molar-refractivity contribution in [1.82, 2.24) is 5.32 Å². The fourth-order valence-corrected chi connectivity index (χ4v) is 2.87. The van der Waals surface area contributed by atoms with Crippen LogP contribution >= 0.6 is 11.8 Å². The van der Waals surface area contributed by atoms with Gasteiger partial charge in [-0.3, -0.25) is 0 Å². The molecule has 1 unspecified atom stereocenters. The second-order valence-electron chi connectivity index (χ2n) is 3.78. The first-order chi connectivity index (χ1) is 7.38. The van der Waals surface area contributed by atoms with E-state index in [1.165, 1.54) is 18.5 Å². The SMILES string of the molecule is COc1cccc(CSC2CCNC2)c1. The average molecular weight is 223 g/mol. The minimum Gasteiger partial charge on any atom is -0.497 e. The third-order valence-corrected chi connectivity index (χ3v) is 4.01. The van der Waals surface area contributed by atoms with Crippen molar-refractivity contribution in [3.63, 3.8) is 0 Å². The van der Waals surface area contributed by atoms with Gasteiger partial charge in [-0.1, -0.05) is 12.1 Å². The number of ether oxygens (including phenoxy) is 1. The first-order valence-corrected chi connectivity index (χ1v) is 6.38. The van der Waals surface area contributed by atoms with Gasteiger partial charge in [0.2, 0.25) is 0 Å². The number of hydrogen-bond donors (Lipinski definition) is 1. The van der Waals surface area contributed by atoms with Crippen molar-refractivity contribution >= 4 is 11.8 Å². The van der Waals surface area contributed by atoms with Gasteiger partial charge < -0.3 is 10.1 Å². The summed E-state index contributed by atoms with van der Waals surface area (Å²) in [6.45, 7) is 2.34. The van der Waals surface area contributed by atoms with Crippen LogP contribution in [0.15, 0.2) is 24.3 Å². The Labute approximate surface area is 95.4 Å². The van der Waals surface area contributed by atoms with E-state index in [0.717, 1.165) is 23.3 Å². The van der Waals surface area contributed by atoms with Gasteiger partial charge in [-0.15, -0.1) is 0 Å². The van der Waals surface area contributed by atoms with Crippen LogP contribution < -0.4 is 10.1 Å². The standard InChI is InChI=1S/C12H17NOS/c1-14-11-4-2-3-10(7-11)9-15-12-5-6-13-8-12/h2-4,7,12-13H,5-6,8-9H2,1H3. The van der Waals surface area contributed by atoms with E-state index in [-0.39, 0.29) is 0 Å². The van der Waals surface area contributed by atoms with Gasteiger partial charge in [0.1, 0.15) is 5.75 Å². The van der Waals surface area contributed by atoms with Crippen LogP contribution in [0.2, 0.25) is 0 Å². The molecule has 1 aliphatic heterocycles. The molecule has 1 fully saturated rings. The molecular formula is C12H17NOS. The van der Waals surface area contributed by atoms with Crippen LogP contribution in [0, 0.1) is 0 Å². The van der Waals surface area contributed by atoms with E-state index in [4.69, 9.17) is 4.74 Å². The highest BCUT2D eigenvalue weighted by Gasteiger charge is 2.14. The van der Waals surface area contributed by atoms with Gasteiger partial charge in [0.05, 0.1) is 7.11 Å². The first kappa shape index (κ1) is 10.8. The number of thioether (sulfide) groups is 1. The Morgan fingerprint density at radius 3 is 3.20 bits per heavy atom. The highest BCUT2D eigenvalue weighted by Crippen LogP contribution is 2.23. The summed E-state index contributed by atoms with van der Waals surface area (Å²) < 4.78 is 5.21. The van der Waals surface area contributed by atoms with Gasteiger partial charge in [-0.2, -0.15) is 11.8 Å². The summed E-state index contributed by atoms with van der Waals surface area (Å²) >= 11 is 2.04. The first-order valence-electron chi connectivity index (χ1n) is 5.34. The minimum absolute atomic E-state index is 0.788. The van der Waals surface area contributed by atoms with Crippen LogP contribution in [-0.4, -0.2) is 25.4 Å². The van der Waals surface area contributed by atoms with E-state index in [2.05, 4.69) is 23.5 Å². The summed E-state index contributed by atoms with van der Waals surface area (Å²) in [5, 5.41) is 4.17. The van der Waals surface area contributed by atoms with Crippen molar-refractivity contribution in [2.45, 2.75) is 17.4 Å². The smallest absolute Gasteiger partial charge is 0.119 e. The molecule has 2 nitrogen and oxygen atoms in total. The van der Waals surface area contributed by atoms with E-state index in [1.807, 2.05) is 17.8 Å². The van der Waals surface area contributed by atoms with E-state index >= 15 is 0 Å². The molecule has 0 bridgehead atoms. The Kier molecular flexibility index (Phi) is 3.92. The van der Waals surface area contributed by atoms with Gasteiger partial charge in [0.25, 0.3) is 0 Å². The third kappa shape index (κ3) is 3.14. The number of methoxy groups -OCH3 is 1. The summed E-state index contributed by atoms with van der Waals surface area (Å²) in [6, 6.07) is 8.33. The minimum atomic E-state index is 0.788. The molecule has 1 N–H and O–H groups in total. The molecule has 3 heteroatoms. The summed E-state index contributed by atoms with van der Waals surface area (Å²) in [6.07, 6.45) is 1.30. The molecule has 1 aromatic rings. The lowest BCUT2D eigenvalue weighted by atomic mass is 10.2. The fraction of sp³-hybridized carbons (Fsp3) is 0.500. The molecule has 0 aromatic heterocycles. The summed E-state index contributed by atoms with van der Waals surface area (Å²) in [5.74, 6) is 2.04. The van der Waals surface area contributed by atoms with Crippen molar-refractivity contribution < 1.29 is 4.74 Å². The molecule has 15 heavy (non-hydrogen) atoms. The van der Waals surface area contributed by atoms with Crippen molar-refractivity contribution in [2.75, 3.05) is 20.2 Å². The summed E-state index contributed by atoms with van der Waals surface area (Å²) in [5.41, 5.74) is 1.35. The predicted molar refractivity (Wildman–Crippen MR) is 65.6 cm³/mol. The number of benzene rings is 1. The monoisotopic (exact) mass is 223 g/mol. The fourth-order valence-electron chi connectivity index (χ4n) is 1.75. The van der Waals surface area contributed by atoms with E-state index in [9.17, 15) is 0 Å². The molecule has 0 saturated carbocycles. The van der Waals surface area contributed by atoms with Gasteiger partial charge in [0.15, 0.2) is 0 Å². The normalized spacial score (nSPS) is 20.5. The largest absolute Gasteiger partial charge is 0.497 e. The zero-order chi connectivity index (χ0) is 10.5. The molecule has 0 spiro atoms. The Bertz CT molecular complexity index is 310. The molecule has 1 heterocycles. The van der Waals surface area contributed by atoms with Crippen LogP contribution in [0.1, 0.15) is 12.0 Å². The van der Waals surface area contributed by atoms with Crippen molar-refractivity contribution in [2.24, 2.45) is 0 Å². The molecular weight excluding hydrogens is 206 g/mol. The Hall–Kier alpha value is -0.670. The highest BCUT2D eigenvalue weighted by atomic mass is 32.2. The van der Waals surface area contributed by atoms with Crippen molar-refractivity contribution in [3.8, 4) is 5.75 Å². The second-order valence-corrected chi connectivity index (χ2v) is 5.07. The maximum atomic E-state index is 5.21. The molecule has 82 valence electrons. The van der Waals surface area contributed by atoms with Crippen LogP contribution in [-0.2, 0) is 5.75 Å². The molecule has 1 aromatic carbocycles.